The highest BCUT2D eigenvalue weighted by Gasteiger charge is 2.31. The highest BCUT2D eigenvalue weighted by molar-refractivity contribution is 5.59. The van der Waals surface area contributed by atoms with Gasteiger partial charge in [0, 0.05) is 6.04 Å². The van der Waals surface area contributed by atoms with Crippen molar-refractivity contribution in [2.24, 2.45) is 0 Å². The summed E-state index contributed by atoms with van der Waals surface area (Å²) in [6, 6.07) is 5.01. The molecule has 1 saturated carbocycles. The quantitative estimate of drug-likeness (QED) is 0.876. The van der Waals surface area contributed by atoms with Crippen molar-refractivity contribution < 1.29 is 18.3 Å². The number of nitriles is 1. The van der Waals surface area contributed by atoms with E-state index >= 15 is 0 Å². The van der Waals surface area contributed by atoms with E-state index in [1.54, 1.807) is 6.07 Å². The molecular weight excluding hydrogens is 269 g/mol. The van der Waals surface area contributed by atoms with E-state index in [0.29, 0.717) is 18.5 Å². The van der Waals surface area contributed by atoms with Gasteiger partial charge in [-0.15, -0.1) is 0 Å². The molecule has 0 atom stereocenters. The van der Waals surface area contributed by atoms with Crippen molar-refractivity contribution in [3.8, 4) is 6.07 Å². The zero-order valence-electron chi connectivity index (χ0n) is 10.7. The lowest BCUT2D eigenvalue weighted by Gasteiger charge is -2.27. The van der Waals surface area contributed by atoms with Crippen molar-refractivity contribution in [1.29, 1.82) is 5.26 Å². The molecule has 0 bridgehead atoms. The molecule has 0 aromatic heterocycles. The highest BCUT2D eigenvalue weighted by Crippen LogP contribution is 2.32. The van der Waals surface area contributed by atoms with Gasteiger partial charge in [0.2, 0.25) is 0 Å². The van der Waals surface area contributed by atoms with Crippen LogP contribution in [0, 0.1) is 11.3 Å². The molecule has 0 heterocycles. The smallest absolute Gasteiger partial charge is 0.393 e. The second-order valence-corrected chi connectivity index (χ2v) is 5.02. The minimum absolute atomic E-state index is 0.00838. The Bertz CT molecular complexity index is 514. The van der Waals surface area contributed by atoms with Crippen LogP contribution in [0.3, 0.4) is 0 Å². The van der Waals surface area contributed by atoms with Crippen molar-refractivity contribution in [3.63, 3.8) is 0 Å². The number of nitrogens with zero attached hydrogens (tertiary/aromatic N) is 1. The van der Waals surface area contributed by atoms with Crippen LogP contribution in [-0.4, -0.2) is 17.3 Å². The molecule has 0 amide bonds. The van der Waals surface area contributed by atoms with Gasteiger partial charge in [0.05, 0.1) is 22.9 Å². The molecule has 1 aliphatic carbocycles. The first kappa shape index (κ1) is 14.7. The van der Waals surface area contributed by atoms with E-state index in [0.717, 1.165) is 25.0 Å². The van der Waals surface area contributed by atoms with Gasteiger partial charge in [0.1, 0.15) is 6.07 Å². The van der Waals surface area contributed by atoms with E-state index in [4.69, 9.17) is 5.26 Å². The molecule has 108 valence electrons. The van der Waals surface area contributed by atoms with E-state index in [1.165, 1.54) is 6.07 Å². The van der Waals surface area contributed by atoms with Crippen molar-refractivity contribution in [1.82, 2.24) is 0 Å². The molecule has 0 radical (unpaired) electrons. The number of aliphatic hydroxyl groups excluding tert-OH is 1. The van der Waals surface area contributed by atoms with Crippen LogP contribution in [-0.2, 0) is 6.18 Å². The zero-order chi connectivity index (χ0) is 14.8. The van der Waals surface area contributed by atoms with Crippen molar-refractivity contribution >= 4 is 5.69 Å². The number of aliphatic hydroxyl groups is 1. The number of benzene rings is 1. The van der Waals surface area contributed by atoms with Gasteiger partial charge in [-0.05, 0) is 43.9 Å². The van der Waals surface area contributed by atoms with Gasteiger partial charge in [-0.25, -0.2) is 0 Å². The molecule has 1 aliphatic rings. The summed E-state index contributed by atoms with van der Waals surface area (Å²) in [5.41, 5.74) is -0.411. The fourth-order valence-corrected chi connectivity index (χ4v) is 2.38. The van der Waals surface area contributed by atoms with Gasteiger partial charge in [-0.2, -0.15) is 18.4 Å². The zero-order valence-corrected chi connectivity index (χ0v) is 10.7. The summed E-state index contributed by atoms with van der Waals surface area (Å²) in [5.74, 6) is 0. The average Bonchev–Trinajstić information content (AvgIpc) is 2.40. The maximum Gasteiger partial charge on any atom is 0.416 e. The van der Waals surface area contributed by atoms with Gasteiger partial charge < -0.3 is 10.4 Å². The number of hydrogen-bond donors (Lipinski definition) is 2. The van der Waals surface area contributed by atoms with Crippen LogP contribution in [0.4, 0.5) is 18.9 Å². The fourth-order valence-electron chi connectivity index (χ4n) is 2.38. The summed E-state index contributed by atoms with van der Waals surface area (Å²) >= 11 is 0. The fraction of sp³-hybridized carbons (Fsp3) is 0.500. The Morgan fingerprint density at radius 2 is 1.85 bits per heavy atom. The second-order valence-electron chi connectivity index (χ2n) is 5.02. The summed E-state index contributed by atoms with van der Waals surface area (Å²) in [7, 11) is 0. The minimum atomic E-state index is -4.45. The minimum Gasteiger partial charge on any atom is -0.393 e. The maximum atomic E-state index is 12.6. The molecule has 6 heteroatoms. The third kappa shape index (κ3) is 3.42. The molecule has 1 fully saturated rings. The number of rotatable bonds is 2. The molecular formula is C14H15F3N2O. The number of hydrogen-bond acceptors (Lipinski definition) is 3. The topological polar surface area (TPSA) is 56.0 Å². The Labute approximate surface area is 115 Å². The van der Waals surface area contributed by atoms with E-state index in [1.807, 2.05) is 0 Å². The van der Waals surface area contributed by atoms with Gasteiger partial charge in [0.15, 0.2) is 0 Å². The second kappa shape index (κ2) is 5.71. The lowest BCUT2D eigenvalue weighted by Crippen LogP contribution is -2.28. The van der Waals surface area contributed by atoms with Crippen LogP contribution in [0.1, 0.15) is 36.8 Å². The molecule has 0 spiro atoms. The predicted molar refractivity (Wildman–Crippen MR) is 68.0 cm³/mol. The molecule has 1 aromatic carbocycles. The Balaban J connectivity index is 2.14. The van der Waals surface area contributed by atoms with Gasteiger partial charge >= 0.3 is 6.18 Å². The third-order valence-corrected chi connectivity index (χ3v) is 3.52. The Hall–Kier alpha value is -1.74. The molecule has 20 heavy (non-hydrogen) atoms. The van der Waals surface area contributed by atoms with Gasteiger partial charge in [-0.3, -0.25) is 0 Å². The summed E-state index contributed by atoms with van der Waals surface area (Å²) in [6.45, 7) is 0. The first-order chi connectivity index (χ1) is 9.40. The van der Waals surface area contributed by atoms with E-state index in [2.05, 4.69) is 5.32 Å². The van der Waals surface area contributed by atoms with Gasteiger partial charge in [0.25, 0.3) is 0 Å². The summed E-state index contributed by atoms with van der Waals surface area (Å²) in [5, 5.41) is 21.5. The van der Waals surface area contributed by atoms with E-state index < -0.39 is 11.7 Å². The maximum absolute atomic E-state index is 12.6. The van der Waals surface area contributed by atoms with Crippen LogP contribution in [0.25, 0.3) is 0 Å². The Morgan fingerprint density at radius 3 is 2.40 bits per heavy atom. The summed E-state index contributed by atoms with van der Waals surface area (Å²) in [4.78, 5) is 0. The largest absolute Gasteiger partial charge is 0.416 e. The van der Waals surface area contributed by atoms with Crippen molar-refractivity contribution in [2.45, 2.75) is 44.0 Å². The number of nitrogens with one attached hydrogen (secondary N) is 1. The van der Waals surface area contributed by atoms with Crippen LogP contribution in [0.15, 0.2) is 18.2 Å². The monoisotopic (exact) mass is 284 g/mol. The van der Waals surface area contributed by atoms with Crippen LogP contribution in [0.5, 0.6) is 0 Å². The first-order valence-corrected chi connectivity index (χ1v) is 6.46. The lowest BCUT2D eigenvalue weighted by atomic mass is 9.92. The Morgan fingerprint density at radius 1 is 1.20 bits per heavy atom. The summed E-state index contributed by atoms with van der Waals surface area (Å²) in [6.07, 6.45) is -1.92. The standard InChI is InChI=1S/C14H15F3N2O/c15-14(16,17)10-1-6-13(9(7-10)8-18)19-11-2-4-12(20)5-3-11/h1,6-7,11-12,19-20H,2-5H2. The SMILES string of the molecule is N#Cc1cc(C(F)(F)F)ccc1NC1CCC(O)CC1. The normalized spacial score (nSPS) is 23.1. The molecule has 1 aromatic rings. The molecule has 0 aliphatic heterocycles. The number of halogens is 3. The third-order valence-electron chi connectivity index (χ3n) is 3.52. The van der Waals surface area contributed by atoms with Crippen LogP contribution in [0.2, 0.25) is 0 Å². The van der Waals surface area contributed by atoms with Gasteiger partial charge in [-0.1, -0.05) is 0 Å². The molecule has 0 unspecified atom stereocenters. The van der Waals surface area contributed by atoms with E-state index in [-0.39, 0.29) is 17.7 Å². The molecule has 2 rings (SSSR count). The molecule has 2 N–H and O–H groups in total. The van der Waals surface area contributed by atoms with Crippen LogP contribution >= 0.6 is 0 Å². The lowest BCUT2D eigenvalue weighted by molar-refractivity contribution is -0.137. The number of alkyl halides is 3. The Kier molecular flexibility index (Phi) is 4.19. The highest BCUT2D eigenvalue weighted by atomic mass is 19.4. The van der Waals surface area contributed by atoms with Crippen LogP contribution < -0.4 is 5.32 Å². The molecule has 3 nitrogen and oxygen atoms in total. The average molecular weight is 284 g/mol. The van der Waals surface area contributed by atoms with Crippen molar-refractivity contribution in [3.05, 3.63) is 29.3 Å². The summed E-state index contributed by atoms with van der Waals surface area (Å²) < 4.78 is 37.7. The first-order valence-electron chi connectivity index (χ1n) is 6.46. The predicted octanol–water partition coefficient (Wildman–Crippen LogP) is 3.29. The van der Waals surface area contributed by atoms with Crippen molar-refractivity contribution in [2.75, 3.05) is 5.32 Å². The van der Waals surface area contributed by atoms with E-state index in [9.17, 15) is 18.3 Å². The molecule has 0 saturated heterocycles. The number of anilines is 1.